The number of nitrogen functional groups attached to an aromatic ring is 1. The summed E-state index contributed by atoms with van der Waals surface area (Å²) < 4.78 is 27.7. The van der Waals surface area contributed by atoms with E-state index in [9.17, 15) is 8.42 Å². The summed E-state index contributed by atoms with van der Waals surface area (Å²) in [5.41, 5.74) is 5.95. The molecule has 0 amide bonds. The molecule has 18 heavy (non-hydrogen) atoms. The van der Waals surface area contributed by atoms with E-state index in [1.165, 1.54) is 12.1 Å². The zero-order chi connectivity index (χ0) is 14.1. The molecule has 1 aromatic carbocycles. The van der Waals surface area contributed by atoms with Crippen LogP contribution >= 0.6 is 15.9 Å². The molecule has 1 atom stereocenters. The maximum atomic E-state index is 12.2. The molecule has 3 N–H and O–H groups in total. The molecular formula is C12H19BrN2O2S. The van der Waals surface area contributed by atoms with Crippen LogP contribution in [-0.2, 0) is 10.0 Å². The zero-order valence-corrected chi connectivity index (χ0v) is 13.4. The van der Waals surface area contributed by atoms with Crippen LogP contribution in [0, 0.1) is 5.41 Å². The summed E-state index contributed by atoms with van der Waals surface area (Å²) in [6.45, 7) is 7.79. The maximum absolute atomic E-state index is 12.2. The number of hydrogen-bond acceptors (Lipinski definition) is 3. The van der Waals surface area contributed by atoms with Crippen molar-refractivity contribution in [2.45, 2.75) is 38.6 Å². The monoisotopic (exact) mass is 334 g/mol. The molecule has 0 saturated heterocycles. The molecule has 0 saturated carbocycles. The van der Waals surface area contributed by atoms with Crippen molar-refractivity contribution in [3.63, 3.8) is 0 Å². The van der Waals surface area contributed by atoms with E-state index in [2.05, 4.69) is 20.7 Å². The van der Waals surface area contributed by atoms with Gasteiger partial charge >= 0.3 is 0 Å². The summed E-state index contributed by atoms with van der Waals surface area (Å²) in [6.07, 6.45) is 0. The van der Waals surface area contributed by atoms with Gasteiger partial charge in [-0.2, -0.15) is 0 Å². The Morgan fingerprint density at radius 2 is 1.89 bits per heavy atom. The van der Waals surface area contributed by atoms with E-state index >= 15 is 0 Å². The molecule has 4 nitrogen and oxygen atoms in total. The molecule has 0 fully saturated rings. The lowest BCUT2D eigenvalue weighted by Gasteiger charge is -2.27. The highest BCUT2D eigenvalue weighted by Crippen LogP contribution is 2.24. The largest absolute Gasteiger partial charge is 0.398 e. The lowest BCUT2D eigenvalue weighted by molar-refractivity contribution is 0.317. The first kappa shape index (κ1) is 15.5. The van der Waals surface area contributed by atoms with Crippen molar-refractivity contribution in [1.29, 1.82) is 0 Å². The number of benzene rings is 1. The molecule has 0 aliphatic carbocycles. The second-order valence-corrected chi connectivity index (χ2v) is 7.96. The Morgan fingerprint density at radius 1 is 1.33 bits per heavy atom. The summed E-state index contributed by atoms with van der Waals surface area (Å²) in [5.74, 6) is 0. The van der Waals surface area contributed by atoms with E-state index in [0.717, 1.165) is 0 Å². The van der Waals surface area contributed by atoms with Crippen LogP contribution in [0.4, 0.5) is 5.69 Å². The molecule has 1 unspecified atom stereocenters. The van der Waals surface area contributed by atoms with Crippen LogP contribution in [-0.4, -0.2) is 14.5 Å². The number of anilines is 1. The van der Waals surface area contributed by atoms with Gasteiger partial charge in [-0.3, -0.25) is 0 Å². The highest BCUT2D eigenvalue weighted by atomic mass is 79.9. The Bertz CT molecular complexity index is 535. The topological polar surface area (TPSA) is 72.2 Å². The molecular weight excluding hydrogens is 316 g/mol. The number of nitrogens with two attached hydrogens (primary N) is 1. The average molecular weight is 335 g/mol. The summed E-state index contributed by atoms with van der Waals surface area (Å²) in [6, 6.07) is 4.43. The number of rotatable bonds is 3. The number of sulfonamides is 1. The van der Waals surface area contributed by atoms with Crippen molar-refractivity contribution < 1.29 is 8.42 Å². The smallest absolute Gasteiger partial charge is 0.240 e. The summed E-state index contributed by atoms with van der Waals surface area (Å²) in [7, 11) is -3.53. The van der Waals surface area contributed by atoms with Crippen LogP contribution in [0.15, 0.2) is 27.6 Å². The summed E-state index contributed by atoms with van der Waals surface area (Å²) >= 11 is 3.24. The van der Waals surface area contributed by atoms with Crippen LogP contribution in [0.25, 0.3) is 0 Å². The van der Waals surface area contributed by atoms with Gasteiger partial charge in [0.15, 0.2) is 0 Å². The molecule has 0 bridgehead atoms. The van der Waals surface area contributed by atoms with Crippen molar-refractivity contribution in [2.24, 2.45) is 5.41 Å². The Hall–Kier alpha value is -0.590. The first-order chi connectivity index (χ1) is 8.04. The van der Waals surface area contributed by atoms with Crippen LogP contribution in [0.2, 0.25) is 0 Å². The van der Waals surface area contributed by atoms with Crippen LogP contribution in [0.1, 0.15) is 27.7 Å². The molecule has 0 aliphatic rings. The molecule has 1 aromatic rings. The second-order valence-electron chi connectivity index (χ2n) is 5.39. The lowest BCUT2D eigenvalue weighted by atomic mass is 9.89. The first-order valence-electron chi connectivity index (χ1n) is 5.61. The van der Waals surface area contributed by atoms with Crippen LogP contribution in [0.5, 0.6) is 0 Å². The van der Waals surface area contributed by atoms with E-state index in [1.54, 1.807) is 6.07 Å². The summed E-state index contributed by atoms with van der Waals surface area (Å²) in [4.78, 5) is 0.180. The van der Waals surface area contributed by atoms with Crippen molar-refractivity contribution in [1.82, 2.24) is 4.72 Å². The predicted molar refractivity (Wildman–Crippen MR) is 77.8 cm³/mol. The molecule has 6 heteroatoms. The van der Waals surface area contributed by atoms with Gasteiger partial charge in [-0.25, -0.2) is 13.1 Å². The Balaban J connectivity index is 3.04. The van der Waals surface area contributed by atoms with E-state index in [4.69, 9.17) is 5.73 Å². The molecule has 0 aromatic heterocycles. The van der Waals surface area contributed by atoms with Gasteiger partial charge < -0.3 is 5.73 Å². The molecule has 0 radical (unpaired) electrons. The molecule has 0 spiro atoms. The van der Waals surface area contributed by atoms with E-state index in [0.29, 0.717) is 10.2 Å². The Morgan fingerprint density at radius 3 is 2.33 bits per heavy atom. The van der Waals surface area contributed by atoms with E-state index < -0.39 is 10.0 Å². The minimum Gasteiger partial charge on any atom is -0.398 e. The third-order valence-corrected chi connectivity index (χ3v) is 5.17. The SMILES string of the molecule is CC(NS(=O)(=O)c1ccc(Br)c(N)c1)C(C)(C)C. The number of hydrogen-bond donors (Lipinski definition) is 2. The summed E-state index contributed by atoms with van der Waals surface area (Å²) in [5, 5.41) is 0. The number of halogens is 1. The standard InChI is InChI=1S/C12H19BrN2O2S/c1-8(12(2,3)4)15-18(16,17)9-5-6-10(13)11(14)7-9/h5-8,15H,14H2,1-4H3. The minimum atomic E-state index is -3.53. The maximum Gasteiger partial charge on any atom is 0.240 e. The fourth-order valence-electron chi connectivity index (χ4n) is 1.17. The first-order valence-corrected chi connectivity index (χ1v) is 7.89. The van der Waals surface area contributed by atoms with Gasteiger partial charge in [-0.15, -0.1) is 0 Å². The normalized spacial score (nSPS) is 14.5. The second kappa shape index (κ2) is 5.19. The molecule has 102 valence electrons. The van der Waals surface area contributed by atoms with Crippen LogP contribution in [0.3, 0.4) is 0 Å². The van der Waals surface area contributed by atoms with Crippen molar-refractivity contribution in [2.75, 3.05) is 5.73 Å². The lowest BCUT2D eigenvalue weighted by Crippen LogP contribution is -2.41. The van der Waals surface area contributed by atoms with Gasteiger partial charge in [0.25, 0.3) is 0 Å². The van der Waals surface area contributed by atoms with Gasteiger partial charge in [0, 0.05) is 16.2 Å². The highest BCUT2D eigenvalue weighted by molar-refractivity contribution is 9.10. The third kappa shape index (κ3) is 3.70. The molecule has 0 aliphatic heterocycles. The van der Waals surface area contributed by atoms with Gasteiger partial charge in [0.1, 0.15) is 0 Å². The number of nitrogens with one attached hydrogen (secondary N) is 1. The highest BCUT2D eigenvalue weighted by Gasteiger charge is 2.26. The zero-order valence-electron chi connectivity index (χ0n) is 11.0. The van der Waals surface area contributed by atoms with Crippen LogP contribution < -0.4 is 10.5 Å². The molecule has 0 heterocycles. The van der Waals surface area contributed by atoms with Crippen molar-refractivity contribution in [3.8, 4) is 0 Å². The van der Waals surface area contributed by atoms with Gasteiger partial charge in [0.2, 0.25) is 10.0 Å². The fourth-order valence-corrected chi connectivity index (χ4v) is 2.90. The van der Waals surface area contributed by atoms with Gasteiger partial charge in [-0.1, -0.05) is 20.8 Å². The quantitative estimate of drug-likeness (QED) is 0.835. The minimum absolute atomic E-state index is 0.145. The Kier molecular flexibility index (Phi) is 4.46. The van der Waals surface area contributed by atoms with E-state index in [-0.39, 0.29) is 16.4 Å². The van der Waals surface area contributed by atoms with E-state index in [1.807, 2.05) is 27.7 Å². The van der Waals surface area contributed by atoms with Crippen molar-refractivity contribution >= 4 is 31.6 Å². The fraction of sp³-hybridized carbons (Fsp3) is 0.500. The molecule has 1 rings (SSSR count). The Labute approximate surface area is 117 Å². The van der Waals surface area contributed by atoms with Crippen molar-refractivity contribution in [3.05, 3.63) is 22.7 Å². The third-order valence-electron chi connectivity index (χ3n) is 2.91. The predicted octanol–water partition coefficient (Wildman–Crippen LogP) is 2.74. The van der Waals surface area contributed by atoms with Gasteiger partial charge in [0.05, 0.1) is 4.90 Å². The van der Waals surface area contributed by atoms with Gasteiger partial charge in [-0.05, 0) is 46.5 Å². The average Bonchev–Trinajstić information content (AvgIpc) is 2.19.